The molecule has 0 aliphatic heterocycles. The van der Waals surface area contributed by atoms with Crippen molar-refractivity contribution in [3.8, 4) is 0 Å². The zero-order valence-corrected chi connectivity index (χ0v) is 8.02. The molecule has 0 aliphatic carbocycles. The Morgan fingerprint density at radius 2 is 2.07 bits per heavy atom. The highest BCUT2D eigenvalue weighted by molar-refractivity contribution is 5.49. The molecule has 3 nitrogen and oxygen atoms in total. The van der Waals surface area contributed by atoms with Gasteiger partial charge in [0.1, 0.15) is 6.29 Å². The SMILES string of the molecule is O=CCCNCC(O)c1ccccc1. The molecule has 14 heavy (non-hydrogen) atoms. The van der Waals surface area contributed by atoms with Crippen LogP contribution in [0.1, 0.15) is 18.1 Å². The zero-order chi connectivity index (χ0) is 10.2. The quantitative estimate of drug-likeness (QED) is 0.521. The molecule has 1 aromatic carbocycles. The van der Waals surface area contributed by atoms with E-state index in [1.54, 1.807) is 0 Å². The molecule has 1 rings (SSSR count). The molecule has 0 fully saturated rings. The molecule has 3 heteroatoms. The van der Waals surface area contributed by atoms with Gasteiger partial charge in [-0.25, -0.2) is 0 Å². The molecule has 0 saturated heterocycles. The highest BCUT2D eigenvalue weighted by atomic mass is 16.3. The molecule has 1 unspecified atom stereocenters. The Bertz CT molecular complexity index is 261. The Kier molecular flexibility index (Phi) is 4.89. The van der Waals surface area contributed by atoms with Crippen LogP contribution in [0.4, 0.5) is 0 Å². The number of carbonyl (C=O) groups is 1. The van der Waals surface area contributed by atoms with Gasteiger partial charge in [0.25, 0.3) is 0 Å². The molecule has 1 aromatic rings. The van der Waals surface area contributed by atoms with Crippen LogP contribution in [-0.2, 0) is 4.79 Å². The summed E-state index contributed by atoms with van der Waals surface area (Å²) in [6.07, 6.45) is 0.853. The van der Waals surface area contributed by atoms with Crippen LogP contribution in [0.3, 0.4) is 0 Å². The molecule has 0 bridgehead atoms. The smallest absolute Gasteiger partial charge is 0.121 e. The Morgan fingerprint density at radius 1 is 1.36 bits per heavy atom. The summed E-state index contributed by atoms with van der Waals surface area (Å²) in [7, 11) is 0. The summed E-state index contributed by atoms with van der Waals surface area (Å²) in [6, 6.07) is 9.46. The van der Waals surface area contributed by atoms with Crippen LogP contribution in [-0.4, -0.2) is 24.5 Å². The maximum atomic E-state index is 10.0. The van der Waals surface area contributed by atoms with E-state index in [0.29, 0.717) is 19.5 Å². The van der Waals surface area contributed by atoms with Gasteiger partial charge in [-0.3, -0.25) is 0 Å². The van der Waals surface area contributed by atoms with Gasteiger partial charge in [0.15, 0.2) is 0 Å². The van der Waals surface area contributed by atoms with Crippen molar-refractivity contribution in [3.05, 3.63) is 35.9 Å². The Morgan fingerprint density at radius 3 is 2.71 bits per heavy atom. The monoisotopic (exact) mass is 193 g/mol. The number of nitrogens with one attached hydrogen (secondary N) is 1. The van der Waals surface area contributed by atoms with Crippen molar-refractivity contribution in [1.29, 1.82) is 0 Å². The largest absolute Gasteiger partial charge is 0.387 e. The molecule has 0 radical (unpaired) electrons. The lowest BCUT2D eigenvalue weighted by Gasteiger charge is -2.10. The van der Waals surface area contributed by atoms with Gasteiger partial charge in [0.2, 0.25) is 0 Å². The lowest BCUT2D eigenvalue weighted by molar-refractivity contribution is -0.107. The molecule has 0 aromatic heterocycles. The van der Waals surface area contributed by atoms with Gasteiger partial charge in [-0.1, -0.05) is 30.3 Å². The average Bonchev–Trinajstić information content (AvgIpc) is 2.25. The first kappa shape index (κ1) is 10.9. The summed E-state index contributed by atoms with van der Waals surface area (Å²) in [5, 5.41) is 12.7. The summed E-state index contributed by atoms with van der Waals surface area (Å²) in [4.78, 5) is 10.0. The van der Waals surface area contributed by atoms with Gasteiger partial charge in [0.05, 0.1) is 6.10 Å². The predicted molar refractivity (Wildman–Crippen MR) is 55.0 cm³/mol. The number of benzene rings is 1. The predicted octanol–water partition coefficient (Wildman–Crippen LogP) is 0.899. The second-order valence-electron chi connectivity index (χ2n) is 3.09. The lowest BCUT2D eigenvalue weighted by Crippen LogP contribution is -2.22. The van der Waals surface area contributed by atoms with Gasteiger partial charge < -0.3 is 15.2 Å². The number of rotatable bonds is 6. The molecule has 0 aliphatic rings. The van der Waals surface area contributed by atoms with Crippen LogP contribution in [0.25, 0.3) is 0 Å². The number of aliphatic hydroxyl groups excluding tert-OH is 1. The number of carbonyl (C=O) groups excluding carboxylic acids is 1. The Hall–Kier alpha value is -1.19. The molecular formula is C11H15NO2. The first-order valence-electron chi connectivity index (χ1n) is 4.72. The van der Waals surface area contributed by atoms with Crippen LogP contribution >= 0.6 is 0 Å². The van der Waals surface area contributed by atoms with Gasteiger partial charge >= 0.3 is 0 Å². The fraction of sp³-hybridized carbons (Fsp3) is 0.364. The zero-order valence-electron chi connectivity index (χ0n) is 8.02. The van der Waals surface area contributed by atoms with E-state index in [4.69, 9.17) is 0 Å². The number of aliphatic hydroxyl groups is 1. The third kappa shape index (κ3) is 3.68. The van der Waals surface area contributed by atoms with Gasteiger partial charge in [-0.05, 0) is 5.56 Å². The summed E-state index contributed by atoms with van der Waals surface area (Å²) >= 11 is 0. The third-order valence-electron chi connectivity index (χ3n) is 1.96. The van der Waals surface area contributed by atoms with Crippen molar-refractivity contribution in [3.63, 3.8) is 0 Å². The number of hydrogen-bond acceptors (Lipinski definition) is 3. The highest BCUT2D eigenvalue weighted by Crippen LogP contribution is 2.10. The van der Waals surface area contributed by atoms with E-state index in [1.807, 2.05) is 30.3 Å². The van der Waals surface area contributed by atoms with E-state index in [2.05, 4.69) is 5.32 Å². The molecule has 0 saturated carbocycles. The van der Waals surface area contributed by atoms with Crippen LogP contribution < -0.4 is 5.32 Å². The Balaban J connectivity index is 2.28. The maximum absolute atomic E-state index is 10.0. The first-order chi connectivity index (χ1) is 6.84. The maximum Gasteiger partial charge on any atom is 0.121 e. The fourth-order valence-corrected chi connectivity index (χ4v) is 1.19. The molecule has 2 N–H and O–H groups in total. The lowest BCUT2D eigenvalue weighted by atomic mass is 10.1. The van der Waals surface area contributed by atoms with Crippen LogP contribution in [0.15, 0.2) is 30.3 Å². The minimum atomic E-state index is -0.497. The molecular weight excluding hydrogens is 178 g/mol. The summed E-state index contributed by atoms with van der Waals surface area (Å²) < 4.78 is 0. The second-order valence-corrected chi connectivity index (χ2v) is 3.09. The molecule has 0 heterocycles. The van der Waals surface area contributed by atoms with E-state index in [-0.39, 0.29) is 0 Å². The summed E-state index contributed by atoms with van der Waals surface area (Å²) in [6.45, 7) is 1.10. The van der Waals surface area contributed by atoms with E-state index in [9.17, 15) is 9.90 Å². The van der Waals surface area contributed by atoms with Crippen molar-refractivity contribution in [2.24, 2.45) is 0 Å². The fourth-order valence-electron chi connectivity index (χ4n) is 1.19. The summed E-state index contributed by atoms with van der Waals surface area (Å²) in [5.74, 6) is 0. The van der Waals surface area contributed by atoms with Gasteiger partial charge in [-0.2, -0.15) is 0 Å². The van der Waals surface area contributed by atoms with Crippen molar-refractivity contribution >= 4 is 6.29 Å². The third-order valence-corrected chi connectivity index (χ3v) is 1.96. The van der Waals surface area contributed by atoms with E-state index >= 15 is 0 Å². The standard InChI is InChI=1S/C11H15NO2/c13-8-4-7-12-9-11(14)10-5-2-1-3-6-10/h1-3,5-6,8,11-12,14H,4,7,9H2. The Labute approximate surface area is 83.8 Å². The number of aldehydes is 1. The molecule has 76 valence electrons. The van der Waals surface area contributed by atoms with E-state index in [1.165, 1.54) is 0 Å². The number of hydrogen-bond donors (Lipinski definition) is 2. The van der Waals surface area contributed by atoms with Gasteiger partial charge in [0, 0.05) is 19.5 Å². The first-order valence-corrected chi connectivity index (χ1v) is 4.72. The minimum Gasteiger partial charge on any atom is -0.387 e. The van der Waals surface area contributed by atoms with Crippen molar-refractivity contribution in [2.45, 2.75) is 12.5 Å². The van der Waals surface area contributed by atoms with Crippen LogP contribution in [0.5, 0.6) is 0 Å². The van der Waals surface area contributed by atoms with E-state index in [0.717, 1.165) is 11.8 Å². The van der Waals surface area contributed by atoms with E-state index < -0.39 is 6.10 Å². The van der Waals surface area contributed by atoms with Crippen LogP contribution in [0.2, 0.25) is 0 Å². The van der Waals surface area contributed by atoms with Crippen LogP contribution in [0, 0.1) is 0 Å². The van der Waals surface area contributed by atoms with Crippen molar-refractivity contribution in [2.75, 3.05) is 13.1 Å². The highest BCUT2D eigenvalue weighted by Gasteiger charge is 2.04. The second kappa shape index (κ2) is 6.29. The van der Waals surface area contributed by atoms with Crippen molar-refractivity contribution < 1.29 is 9.90 Å². The molecule has 0 spiro atoms. The molecule has 1 atom stereocenters. The molecule has 0 amide bonds. The normalized spacial score (nSPS) is 12.4. The summed E-state index contributed by atoms with van der Waals surface area (Å²) in [5.41, 5.74) is 0.895. The minimum absolute atomic E-state index is 0.484. The van der Waals surface area contributed by atoms with Crippen molar-refractivity contribution in [1.82, 2.24) is 5.32 Å². The topological polar surface area (TPSA) is 49.3 Å². The average molecular weight is 193 g/mol. The van der Waals surface area contributed by atoms with Gasteiger partial charge in [-0.15, -0.1) is 0 Å².